The fraction of sp³-hybridized carbons (Fsp3) is 0.0625. The maximum absolute atomic E-state index is 12.7. The summed E-state index contributed by atoms with van der Waals surface area (Å²) in [6.45, 7) is 0. The lowest BCUT2D eigenvalue weighted by Gasteiger charge is -2.06. The lowest BCUT2D eigenvalue weighted by molar-refractivity contribution is -0.137. The quantitative estimate of drug-likeness (QED) is 0.734. The average Bonchev–Trinajstić information content (AvgIpc) is 3.02. The van der Waals surface area contributed by atoms with Gasteiger partial charge in [0.05, 0.1) is 11.8 Å². The fourth-order valence-corrected chi connectivity index (χ4v) is 1.96. The van der Waals surface area contributed by atoms with Gasteiger partial charge in [0, 0.05) is 5.56 Å². The van der Waals surface area contributed by atoms with Gasteiger partial charge in [-0.25, -0.2) is 0 Å². The third kappa shape index (κ3) is 3.63. The van der Waals surface area contributed by atoms with Crippen LogP contribution in [0.5, 0.6) is 0 Å². The van der Waals surface area contributed by atoms with Gasteiger partial charge in [0.25, 0.3) is 0 Å². The molecule has 3 aromatic rings. The third-order valence-corrected chi connectivity index (χ3v) is 3.07. The van der Waals surface area contributed by atoms with Gasteiger partial charge < -0.3 is 0 Å². The van der Waals surface area contributed by atoms with E-state index in [9.17, 15) is 13.2 Å². The van der Waals surface area contributed by atoms with Crippen molar-refractivity contribution in [1.82, 2.24) is 20.2 Å². The molecule has 7 heteroatoms. The van der Waals surface area contributed by atoms with Crippen LogP contribution >= 0.6 is 0 Å². The third-order valence-electron chi connectivity index (χ3n) is 3.07. The Morgan fingerprint density at radius 2 is 1.74 bits per heavy atom. The number of rotatable bonds is 3. The second kappa shape index (κ2) is 6.04. The number of alkyl halides is 3. The summed E-state index contributed by atoms with van der Waals surface area (Å²) < 4.78 is 38.0. The van der Waals surface area contributed by atoms with E-state index in [0.717, 1.165) is 17.7 Å². The van der Waals surface area contributed by atoms with Crippen LogP contribution in [-0.2, 0) is 6.18 Å². The predicted molar refractivity (Wildman–Crippen MR) is 79.9 cm³/mol. The van der Waals surface area contributed by atoms with Crippen molar-refractivity contribution in [3.8, 4) is 11.4 Å². The van der Waals surface area contributed by atoms with Gasteiger partial charge in [-0.2, -0.15) is 13.2 Å². The molecule has 0 aliphatic heterocycles. The molecule has 0 amide bonds. The first-order valence-electron chi connectivity index (χ1n) is 6.73. The smallest absolute Gasteiger partial charge is 0.166 e. The molecule has 1 heterocycles. The van der Waals surface area contributed by atoms with Crippen molar-refractivity contribution in [2.75, 3.05) is 0 Å². The summed E-state index contributed by atoms with van der Waals surface area (Å²) in [6.07, 6.45) is -1.42. The summed E-state index contributed by atoms with van der Waals surface area (Å²) in [6, 6.07) is 14.3. The molecular formula is C16H11F3N4. The Morgan fingerprint density at radius 3 is 2.48 bits per heavy atom. The van der Waals surface area contributed by atoms with Gasteiger partial charge in [0.15, 0.2) is 0 Å². The van der Waals surface area contributed by atoms with Crippen LogP contribution in [0.4, 0.5) is 13.2 Å². The molecule has 0 N–H and O–H groups in total. The van der Waals surface area contributed by atoms with Gasteiger partial charge in [-0.15, -0.1) is 15.0 Å². The standard InChI is InChI=1S/C16H11F3N4/c17-16(18,19)14-8-4-5-12(11-14)9-10-23-21-15(20-22-23)13-6-2-1-3-7-13/h1-11H/b10-9+. The van der Waals surface area contributed by atoms with Crippen LogP contribution < -0.4 is 0 Å². The zero-order valence-electron chi connectivity index (χ0n) is 11.8. The first-order valence-corrected chi connectivity index (χ1v) is 6.73. The molecule has 1 aromatic heterocycles. The Bertz CT molecular complexity index is 823. The minimum Gasteiger partial charge on any atom is -0.166 e. The van der Waals surface area contributed by atoms with Crippen LogP contribution in [0.1, 0.15) is 11.1 Å². The molecule has 0 bridgehead atoms. The van der Waals surface area contributed by atoms with Gasteiger partial charge in [-0.3, -0.25) is 0 Å². The van der Waals surface area contributed by atoms with E-state index in [-0.39, 0.29) is 0 Å². The molecule has 0 spiro atoms. The van der Waals surface area contributed by atoms with Gasteiger partial charge in [0.2, 0.25) is 5.82 Å². The number of halogens is 3. The monoisotopic (exact) mass is 316 g/mol. The van der Waals surface area contributed by atoms with E-state index < -0.39 is 11.7 Å². The zero-order chi connectivity index (χ0) is 16.3. The van der Waals surface area contributed by atoms with Crippen LogP contribution in [0.2, 0.25) is 0 Å². The van der Waals surface area contributed by atoms with E-state index in [4.69, 9.17) is 0 Å². The van der Waals surface area contributed by atoms with Crippen molar-refractivity contribution in [3.05, 3.63) is 65.7 Å². The molecule has 0 unspecified atom stereocenters. The molecule has 116 valence electrons. The van der Waals surface area contributed by atoms with Crippen LogP contribution in [0, 0.1) is 0 Å². The van der Waals surface area contributed by atoms with Crippen LogP contribution in [0.3, 0.4) is 0 Å². The Morgan fingerprint density at radius 1 is 0.957 bits per heavy atom. The molecule has 2 aromatic carbocycles. The SMILES string of the molecule is FC(F)(F)c1cccc(/C=C/n2nnc(-c3ccccc3)n2)c1. The first-order chi connectivity index (χ1) is 11.0. The van der Waals surface area contributed by atoms with Gasteiger partial charge in [-0.05, 0) is 29.0 Å². The maximum Gasteiger partial charge on any atom is 0.416 e. The Hall–Kier alpha value is -2.96. The summed E-state index contributed by atoms with van der Waals surface area (Å²) in [5.41, 5.74) is 0.515. The number of benzene rings is 2. The summed E-state index contributed by atoms with van der Waals surface area (Å²) in [7, 11) is 0. The lowest BCUT2D eigenvalue weighted by atomic mass is 10.1. The molecular weight excluding hydrogens is 305 g/mol. The fourth-order valence-electron chi connectivity index (χ4n) is 1.96. The second-order valence-electron chi connectivity index (χ2n) is 4.74. The highest BCUT2D eigenvalue weighted by Crippen LogP contribution is 2.29. The largest absolute Gasteiger partial charge is 0.416 e. The van der Waals surface area contributed by atoms with Crippen LogP contribution in [-0.4, -0.2) is 20.2 Å². The number of nitrogens with zero attached hydrogens (tertiary/aromatic N) is 4. The highest BCUT2D eigenvalue weighted by Gasteiger charge is 2.30. The van der Waals surface area contributed by atoms with Gasteiger partial charge in [0.1, 0.15) is 0 Å². The zero-order valence-corrected chi connectivity index (χ0v) is 11.8. The van der Waals surface area contributed by atoms with Gasteiger partial charge >= 0.3 is 6.18 Å². The molecule has 0 saturated heterocycles. The minimum absolute atomic E-state index is 0.401. The van der Waals surface area contributed by atoms with Crippen molar-refractivity contribution in [3.63, 3.8) is 0 Å². The molecule has 23 heavy (non-hydrogen) atoms. The van der Waals surface area contributed by atoms with Crippen molar-refractivity contribution in [2.45, 2.75) is 6.18 Å². The second-order valence-corrected chi connectivity index (χ2v) is 4.74. The van der Waals surface area contributed by atoms with Crippen molar-refractivity contribution in [2.24, 2.45) is 0 Å². The molecule has 0 radical (unpaired) electrons. The van der Waals surface area contributed by atoms with E-state index in [0.29, 0.717) is 11.4 Å². The van der Waals surface area contributed by atoms with Crippen molar-refractivity contribution < 1.29 is 13.2 Å². The van der Waals surface area contributed by atoms with E-state index in [2.05, 4.69) is 15.4 Å². The topological polar surface area (TPSA) is 43.6 Å². The molecule has 4 nitrogen and oxygen atoms in total. The van der Waals surface area contributed by atoms with Crippen LogP contribution in [0.15, 0.2) is 54.6 Å². The first kappa shape index (κ1) is 15.0. The maximum atomic E-state index is 12.7. The van der Waals surface area contributed by atoms with E-state index in [1.165, 1.54) is 23.1 Å². The highest BCUT2D eigenvalue weighted by molar-refractivity contribution is 5.61. The molecule has 0 aliphatic carbocycles. The normalized spacial score (nSPS) is 12.0. The summed E-state index contributed by atoms with van der Waals surface area (Å²) in [5.74, 6) is 0.444. The van der Waals surface area contributed by atoms with Crippen molar-refractivity contribution in [1.29, 1.82) is 0 Å². The number of aromatic nitrogens is 4. The summed E-state index contributed by atoms with van der Waals surface area (Å²) in [4.78, 5) is 1.21. The van der Waals surface area contributed by atoms with E-state index in [1.54, 1.807) is 6.07 Å². The Kier molecular flexibility index (Phi) is 3.92. The lowest BCUT2D eigenvalue weighted by Crippen LogP contribution is -2.04. The predicted octanol–water partition coefficient (Wildman–Crippen LogP) is 3.99. The van der Waals surface area contributed by atoms with Crippen molar-refractivity contribution >= 4 is 12.3 Å². The average molecular weight is 316 g/mol. The van der Waals surface area contributed by atoms with E-state index in [1.807, 2.05) is 30.3 Å². The molecule has 0 fully saturated rings. The Labute approximate surface area is 129 Å². The number of tetrazole rings is 1. The number of hydrogen-bond donors (Lipinski definition) is 0. The van der Waals surface area contributed by atoms with E-state index >= 15 is 0 Å². The molecule has 0 saturated carbocycles. The number of hydrogen-bond acceptors (Lipinski definition) is 3. The Balaban J connectivity index is 1.80. The summed E-state index contributed by atoms with van der Waals surface area (Å²) in [5, 5.41) is 11.9. The minimum atomic E-state index is -4.37. The molecule has 0 atom stereocenters. The highest BCUT2D eigenvalue weighted by atomic mass is 19.4. The molecule has 3 rings (SSSR count). The van der Waals surface area contributed by atoms with Gasteiger partial charge in [-0.1, -0.05) is 42.5 Å². The molecule has 0 aliphatic rings. The summed E-state index contributed by atoms with van der Waals surface area (Å²) >= 11 is 0. The van der Waals surface area contributed by atoms with Crippen LogP contribution in [0.25, 0.3) is 23.7 Å².